The Morgan fingerprint density at radius 2 is 1.88 bits per heavy atom. The van der Waals surface area contributed by atoms with Crippen molar-refractivity contribution in [2.75, 3.05) is 0 Å². The molecule has 7 heteroatoms. The summed E-state index contributed by atoms with van der Waals surface area (Å²) in [6.45, 7) is 4.09. The standard InChI is InChI=1S/C17H20N2O5/c1-17(2)18-9-11-6-4-3-5-10(11)7-12(18)15(22)19(17)13(16(23)24)8-14(20)21/h3-6,12-13H,7-9H2,1-2H3,(H,20,21)(H,23,24)/t12-,13-/m0/s1. The Morgan fingerprint density at radius 3 is 2.46 bits per heavy atom. The molecule has 0 aromatic heterocycles. The van der Waals surface area contributed by atoms with Gasteiger partial charge in [-0.15, -0.1) is 0 Å². The van der Waals surface area contributed by atoms with E-state index in [4.69, 9.17) is 5.11 Å². The number of nitrogens with zero attached hydrogens (tertiary/aromatic N) is 2. The summed E-state index contributed by atoms with van der Waals surface area (Å²) in [6, 6.07) is 6.00. The normalized spacial score (nSPS) is 23.5. The van der Waals surface area contributed by atoms with Crippen LogP contribution in [0.4, 0.5) is 0 Å². The van der Waals surface area contributed by atoms with Crippen LogP contribution in [0.15, 0.2) is 24.3 Å². The van der Waals surface area contributed by atoms with Gasteiger partial charge in [0.2, 0.25) is 5.91 Å². The number of amides is 1. The molecule has 2 aliphatic rings. The lowest BCUT2D eigenvalue weighted by molar-refractivity contribution is -0.157. The van der Waals surface area contributed by atoms with Gasteiger partial charge in [-0.05, 0) is 31.4 Å². The van der Waals surface area contributed by atoms with Crippen LogP contribution in [0.2, 0.25) is 0 Å². The molecule has 7 nitrogen and oxygen atoms in total. The Morgan fingerprint density at radius 1 is 1.25 bits per heavy atom. The summed E-state index contributed by atoms with van der Waals surface area (Å²) in [7, 11) is 0. The second kappa shape index (κ2) is 5.59. The minimum atomic E-state index is -1.38. The number of hydrogen-bond donors (Lipinski definition) is 2. The van der Waals surface area contributed by atoms with E-state index >= 15 is 0 Å². The van der Waals surface area contributed by atoms with Gasteiger partial charge in [0.15, 0.2) is 0 Å². The zero-order valence-electron chi connectivity index (χ0n) is 13.6. The summed E-state index contributed by atoms with van der Waals surface area (Å²) in [6.07, 6.45) is -0.105. The molecular weight excluding hydrogens is 312 g/mol. The Bertz CT molecular complexity index is 715. The fourth-order valence-electron chi connectivity index (χ4n) is 3.88. The average Bonchev–Trinajstić information content (AvgIpc) is 2.69. The molecule has 0 spiro atoms. The van der Waals surface area contributed by atoms with E-state index in [1.807, 2.05) is 29.2 Å². The van der Waals surface area contributed by atoms with Crippen molar-refractivity contribution in [1.29, 1.82) is 0 Å². The molecule has 128 valence electrons. The summed E-state index contributed by atoms with van der Waals surface area (Å²) in [4.78, 5) is 38.8. The Labute approximate surface area is 139 Å². The zero-order valence-corrected chi connectivity index (χ0v) is 13.6. The highest BCUT2D eigenvalue weighted by molar-refractivity contribution is 5.92. The van der Waals surface area contributed by atoms with Crippen LogP contribution in [0.1, 0.15) is 31.4 Å². The molecular formula is C17H20N2O5. The average molecular weight is 332 g/mol. The van der Waals surface area contributed by atoms with Gasteiger partial charge in [0.1, 0.15) is 6.04 Å². The minimum Gasteiger partial charge on any atom is -0.481 e. The summed E-state index contributed by atoms with van der Waals surface area (Å²) < 4.78 is 0. The number of rotatable bonds is 4. The van der Waals surface area contributed by atoms with Crippen molar-refractivity contribution in [1.82, 2.24) is 9.80 Å². The number of fused-ring (bicyclic) bond motifs is 2. The van der Waals surface area contributed by atoms with Gasteiger partial charge in [0.05, 0.1) is 18.1 Å². The van der Waals surface area contributed by atoms with Crippen molar-refractivity contribution in [2.24, 2.45) is 0 Å². The van der Waals surface area contributed by atoms with E-state index in [2.05, 4.69) is 0 Å². The summed E-state index contributed by atoms with van der Waals surface area (Å²) in [5.41, 5.74) is 1.32. The lowest BCUT2D eigenvalue weighted by Crippen LogP contribution is -2.56. The highest BCUT2D eigenvalue weighted by Gasteiger charge is 2.56. The molecule has 0 saturated carbocycles. The maximum absolute atomic E-state index is 12.9. The molecule has 2 heterocycles. The topological polar surface area (TPSA) is 98.2 Å². The van der Waals surface area contributed by atoms with Crippen molar-refractivity contribution in [2.45, 2.75) is 51.0 Å². The summed E-state index contributed by atoms with van der Waals surface area (Å²) in [5, 5.41) is 18.5. The number of carboxylic acid groups (broad SMARTS) is 2. The van der Waals surface area contributed by atoms with Gasteiger partial charge in [0, 0.05) is 6.54 Å². The predicted octanol–water partition coefficient (Wildman–Crippen LogP) is 0.920. The smallest absolute Gasteiger partial charge is 0.327 e. The quantitative estimate of drug-likeness (QED) is 0.851. The fraction of sp³-hybridized carbons (Fsp3) is 0.471. The number of carbonyl (C=O) groups excluding carboxylic acids is 1. The molecule has 0 aliphatic carbocycles. The van der Waals surface area contributed by atoms with Crippen LogP contribution in [0.25, 0.3) is 0 Å². The van der Waals surface area contributed by atoms with Crippen LogP contribution in [0, 0.1) is 0 Å². The third-order valence-electron chi connectivity index (χ3n) is 5.03. The summed E-state index contributed by atoms with van der Waals surface area (Å²) in [5.74, 6) is -2.85. The van der Waals surface area contributed by atoms with Crippen molar-refractivity contribution in [3.63, 3.8) is 0 Å². The lowest BCUT2D eigenvalue weighted by atomic mass is 9.94. The first-order valence-corrected chi connectivity index (χ1v) is 7.84. The molecule has 1 amide bonds. The molecule has 1 aromatic rings. The maximum Gasteiger partial charge on any atom is 0.327 e. The molecule has 2 aliphatic heterocycles. The van der Waals surface area contributed by atoms with E-state index in [1.54, 1.807) is 13.8 Å². The third kappa shape index (κ3) is 2.45. The van der Waals surface area contributed by atoms with E-state index in [0.717, 1.165) is 11.1 Å². The van der Waals surface area contributed by atoms with Crippen molar-refractivity contribution in [3.05, 3.63) is 35.4 Å². The number of aliphatic carboxylic acids is 2. The largest absolute Gasteiger partial charge is 0.481 e. The molecule has 1 fully saturated rings. The SMILES string of the molecule is CC1(C)N2Cc3ccccc3C[C@H]2C(=O)N1[C@@H](CC(=O)O)C(=O)O. The van der Waals surface area contributed by atoms with Gasteiger partial charge in [-0.2, -0.15) is 0 Å². The maximum atomic E-state index is 12.9. The van der Waals surface area contributed by atoms with Gasteiger partial charge in [0.25, 0.3) is 0 Å². The monoisotopic (exact) mass is 332 g/mol. The van der Waals surface area contributed by atoms with Gasteiger partial charge < -0.3 is 15.1 Å². The number of carbonyl (C=O) groups is 3. The molecule has 0 radical (unpaired) electrons. The first kappa shape index (κ1) is 16.4. The molecule has 2 atom stereocenters. The highest BCUT2D eigenvalue weighted by atomic mass is 16.4. The van der Waals surface area contributed by atoms with E-state index in [-0.39, 0.29) is 5.91 Å². The number of carboxylic acids is 2. The Hall–Kier alpha value is -2.41. The Kier molecular flexibility index (Phi) is 3.83. The minimum absolute atomic E-state index is 0.317. The fourth-order valence-corrected chi connectivity index (χ4v) is 3.88. The summed E-state index contributed by atoms with van der Waals surface area (Å²) >= 11 is 0. The van der Waals surface area contributed by atoms with Gasteiger partial charge in [-0.25, -0.2) is 4.79 Å². The molecule has 0 bridgehead atoms. The van der Waals surface area contributed by atoms with E-state index in [9.17, 15) is 19.5 Å². The molecule has 1 saturated heterocycles. The molecule has 2 N–H and O–H groups in total. The molecule has 24 heavy (non-hydrogen) atoms. The number of benzene rings is 1. The van der Waals surface area contributed by atoms with Gasteiger partial charge >= 0.3 is 11.9 Å². The van der Waals surface area contributed by atoms with Gasteiger partial charge in [-0.1, -0.05) is 24.3 Å². The van der Waals surface area contributed by atoms with Crippen molar-refractivity contribution >= 4 is 17.8 Å². The van der Waals surface area contributed by atoms with Crippen LogP contribution < -0.4 is 0 Å². The van der Waals surface area contributed by atoms with Crippen molar-refractivity contribution in [3.8, 4) is 0 Å². The second-order valence-electron chi connectivity index (χ2n) is 6.77. The van der Waals surface area contributed by atoms with Crippen LogP contribution in [0.5, 0.6) is 0 Å². The second-order valence-corrected chi connectivity index (χ2v) is 6.77. The van der Waals surface area contributed by atoms with E-state index < -0.39 is 36.1 Å². The third-order valence-corrected chi connectivity index (χ3v) is 5.03. The van der Waals surface area contributed by atoms with Crippen LogP contribution >= 0.6 is 0 Å². The first-order valence-electron chi connectivity index (χ1n) is 7.84. The first-order chi connectivity index (χ1) is 11.2. The van der Waals surface area contributed by atoms with E-state index in [1.165, 1.54) is 4.90 Å². The molecule has 1 aromatic carbocycles. The molecule has 3 rings (SSSR count). The predicted molar refractivity (Wildman–Crippen MR) is 84.1 cm³/mol. The molecule has 0 unspecified atom stereocenters. The van der Waals surface area contributed by atoms with E-state index in [0.29, 0.717) is 13.0 Å². The highest BCUT2D eigenvalue weighted by Crippen LogP contribution is 2.40. The van der Waals surface area contributed by atoms with Gasteiger partial charge in [-0.3, -0.25) is 14.5 Å². The number of hydrogen-bond acceptors (Lipinski definition) is 4. The van der Waals surface area contributed by atoms with Crippen LogP contribution in [-0.2, 0) is 27.3 Å². The lowest BCUT2D eigenvalue weighted by Gasteiger charge is -2.42. The van der Waals surface area contributed by atoms with Crippen LogP contribution in [0.3, 0.4) is 0 Å². The zero-order chi connectivity index (χ0) is 17.6. The van der Waals surface area contributed by atoms with Crippen LogP contribution in [-0.4, -0.2) is 55.6 Å². The van der Waals surface area contributed by atoms with Crippen molar-refractivity contribution < 1.29 is 24.6 Å². The Balaban J connectivity index is 1.99.